The molecule has 1 fully saturated rings. The number of benzene rings is 1. The lowest BCUT2D eigenvalue weighted by Gasteiger charge is -2.25. The normalized spacial score (nSPS) is 18.9. The molecule has 2 N–H and O–H groups in total. The number of aliphatic hydroxyl groups is 1. The molecule has 0 bridgehead atoms. The summed E-state index contributed by atoms with van der Waals surface area (Å²) in [6, 6.07) is 15.3. The Morgan fingerprint density at radius 3 is 2.86 bits per heavy atom. The van der Waals surface area contributed by atoms with Crippen molar-refractivity contribution in [2.24, 2.45) is 0 Å². The second-order valence-corrected chi connectivity index (χ2v) is 7.88. The number of nitrogens with one attached hydrogen (secondary N) is 1. The molecule has 4 rings (SSSR count). The van der Waals surface area contributed by atoms with Crippen molar-refractivity contribution >= 4 is 28.9 Å². The van der Waals surface area contributed by atoms with Crippen LogP contribution in [0.4, 0.5) is 0 Å². The van der Waals surface area contributed by atoms with Crippen LogP contribution in [0.2, 0.25) is 5.02 Å². The van der Waals surface area contributed by atoms with E-state index in [-0.39, 0.29) is 18.7 Å². The molecule has 0 saturated carbocycles. The second kappa shape index (κ2) is 8.53. The molecule has 7 heteroatoms. The average Bonchev–Trinajstić information content (AvgIpc) is 3.33. The highest BCUT2D eigenvalue weighted by molar-refractivity contribution is 7.80. The van der Waals surface area contributed by atoms with E-state index in [0.29, 0.717) is 23.1 Å². The molecular weight excluding hydrogens is 406 g/mol. The van der Waals surface area contributed by atoms with Crippen molar-refractivity contribution in [2.45, 2.75) is 25.4 Å². The first-order chi connectivity index (χ1) is 14.1. The molecule has 3 heterocycles. The number of thiocarbonyl (C=S) groups is 1. The van der Waals surface area contributed by atoms with Crippen molar-refractivity contribution in [1.29, 1.82) is 0 Å². The third-order valence-electron chi connectivity index (χ3n) is 5.14. The maximum absolute atomic E-state index is 9.32. The van der Waals surface area contributed by atoms with E-state index in [4.69, 9.17) is 28.2 Å². The summed E-state index contributed by atoms with van der Waals surface area (Å²) in [5.41, 5.74) is 2.95. The second-order valence-electron chi connectivity index (χ2n) is 7.06. The van der Waals surface area contributed by atoms with Gasteiger partial charge in [0, 0.05) is 29.9 Å². The van der Waals surface area contributed by atoms with Crippen LogP contribution in [0.3, 0.4) is 0 Å². The first-order valence-electron chi connectivity index (χ1n) is 9.53. The average molecular weight is 428 g/mol. The van der Waals surface area contributed by atoms with Gasteiger partial charge in [-0.25, -0.2) is 0 Å². The SMILES string of the molecule is Cc1ccc(Cl)cc1-c1ccc(C2C(c3ccccn3)NC(=S)N2CCCO)o1. The maximum Gasteiger partial charge on any atom is 0.170 e. The minimum absolute atomic E-state index is 0.102. The van der Waals surface area contributed by atoms with Crippen LogP contribution in [0.1, 0.15) is 35.5 Å². The van der Waals surface area contributed by atoms with Crippen molar-refractivity contribution < 1.29 is 9.52 Å². The molecular formula is C22H22ClN3O2S. The zero-order chi connectivity index (χ0) is 20.4. The molecule has 2 aromatic heterocycles. The first kappa shape index (κ1) is 19.9. The highest BCUT2D eigenvalue weighted by Crippen LogP contribution is 2.41. The lowest BCUT2D eigenvalue weighted by atomic mass is 10.0. The highest BCUT2D eigenvalue weighted by atomic mass is 35.5. The Balaban J connectivity index is 1.73. The largest absolute Gasteiger partial charge is 0.459 e. The van der Waals surface area contributed by atoms with E-state index in [1.54, 1.807) is 6.20 Å². The van der Waals surface area contributed by atoms with Crippen LogP contribution in [-0.2, 0) is 0 Å². The molecule has 1 saturated heterocycles. The van der Waals surface area contributed by atoms with Crippen LogP contribution in [0.15, 0.2) is 59.1 Å². The quantitative estimate of drug-likeness (QED) is 0.558. The third-order valence-corrected chi connectivity index (χ3v) is 5.73. The molecule has 2 atom stereocenters. The van der Waals surface area contributed by atoms with Gasteiger partial charge in [-0.1, -0.05) is 23.7 Å². The van der Waals surface area contributed by atoms with Gasteiger partial charge in [0.25, 0.3) is 0 Å². The predicted molar refractivity (Wildman–Crippen MR) is 118 cm³/mol. The number of halogens is 1. The molecule has 0 aliphatic carbocycles. The van der Waals surface area contributed by atoms with Gasteiger partial charge in [-0.15, -0.1) is 0 Å². The lowest BCUT2D eigenvalue weighted by molar-refractivity contribution is 0.233. The van der Waals surface area contributed by atoms with Gasteiger partial charge in [0.15, 0.2) is 5.11 Å². The van der Waals surface area contributed by atoms with Crippen molar-refractivity contribution in [3.63, 3.8) is 0 Å². The van der Waals surface area contributed by atoms with E-state index in [2.05, 4.69) is 15.2 Å². The Labute approximate surface area is 180 Å². The third kappa shape index (κ3) is 4.01. The van der Waals surface area contributed by atoms with E-state index >= 15 is 0 Å². The van der Waals surface area contributed by atoms with Gasteiger partial charge in [-0.05, 0) is 67.5 Å². The van der Waals surface area contributed by atoms with Crippen LogP contribution >= 0.6 is 23.8 Å². The van der Waals surface area contributed by atoms with Gasteiger partial charge in [-0.2, -0.15) is 0 Å². The van der Waals surface area contributed by atoms with E-state index in [1.165, 1.54) is 0 Å². The fourth-order valence-corrected chi connectivity index (χ4v) is 4.22. The molecule has 150 valence electrons. The van der Waals surface area contributed by atoms with E-state index in [0.717, 1.165) is 28.3 Å². The van der Waals surface area contributed by atoms with Crippen LogP contribution in [0.25, 0.3) is 11.3 Å². The minimum Gasteiger partial charge on any atom is -0.459 e. The Kier molecular flexibility index (Phi) is 5.85. The standard InChI is InChI=1S/C22H22ClN3O2S/c1-14-6-7-15(23)13-16(14)18-8-9-19(28-18)21-20(17-5-2-3-10-24-17)25-22(29)26(21)11-4-12-27/h2-3,5-10,13,20-21,27H,4,11-12H2,1H3,(H,25,29). The van der Waals surface area contributed by atoms with Gasteiger partial charge < -0.3 is 19.7 Å². The Morgan fingerprint density at radius 1 is 1.24 bits per heavy atom. The van der Waals surface area contributed by atoms with E-state index in [9.17, 15) is 5.11 Å². The molecule has 0 radical (unpaired) electrons. The zero-order valence-corrected chi connectivity index (χ0v) is 17.6. The predicted octanol–water partition coefficient (Wildman–Crippen LogP) is 4.66. The van der Waals surface area contributed by atoms with Crippen molar-refractivity contribution in [2.75, 3.05) is 13.2 Å². The van der Waals surface area contributed by atoms with Crippen molar-refractivity contribution in [3.8, 4) is 11.3 Å². The zero-order valence-electron chi connectivity index (χ0n) is 16.0. The number of nitrogens with zero attached hydrogens (tertiary/aromatic N) is 2. The molecule has 1 aromatic carbocycles. The van der Waals surface area contributed by atoms with Crippen molar-refractivity contribution in [3.05, 3.63) is 76.8 Å². The van der Waals surface area contributed by atoms with Gasteiger partial charge in [0.05, 0.1) is 11.7 Å². The van der Waals surface area contributed by atoms with E-state index < -0.39 is 0 Å². The summed E-state index contributed by atoms with van der Waals surface area (Å²) in [4.78, 5) is 6.59. The Hall–Kier alpha value is -2.41. The Morgan fingerprint density at radius 2 is 2.10 bits per heavy atom. The monoisotopic (exact) mass is 427 g/mol. The fraction of sp³-hybridized carbons (Fsp3) is 0.273. The number of pyridine rings is 1. The molecule has 0 spiro atoms. The summed E-state index contributed by atoms with van der Waals surface area (Å²) in [5, 5.41) is 14.0. The number of furan rings is 1. The number of hydrogen-bond donors (Lipinski definition) is 2. The first-order valence-corrected chi connectivity index (χ1v) is 10.3. The Bertz CT molecular complexity index is 1010. The van der Waals surface area contributed by atoms with Crippen LogP contribution < -0.4 is 5.32 Å². The van der Waals surface area contributed by atoms with Crippen LogP contribution in [-0.4, -0.2) is 33.3 Å². The highest BCUT2D eigenvalue weighted by Gasteiger charge is 2.41. The molecule has 2 unspecified atom stereocenters. The number of hydrogen-bond acceptors (Lipinski definition) is 4. The summed E-state index contributed by atoms with van der Waals surface area (Å²) < 4.78 is 6.31. The molecule has 5 nitrogen and oxygen atoms in total. The summed E-state index contributed by atoms with van der Waals surface area (Å²) in [6.45, 7) is 2.76. The van der Waals surface area contributed by atoms with Gasteiger partial charge in [0.2, 0.25) is 0 Å². The van der Waals surface area contributed by atoms with Gasteiger partial charge >= 0.3 is 0 Å². The number of rotatable bonds is 6. The van der Waals surface area contributed by atoms with Gasteiger partial charge in [-0.3, -0.25) is 4.98 Å². The number of aryl methyl sites for hydroxylation is 1. The summed E-state index contributed by atoms with van der Waals surface area (Å²) in [5.74, 6) is 1.56. The van der Waals surface area contributed by atoms with Crippen LogP contribution in [0.5, 0.6) is 0 Å². The topological polar surface area (TPSA) is 61.5 Å². The number of aliphatic hydroxyl groups excluding tert-OH is 1. The molecule has 29 heavy (non-hydrogen) atoms. The number of aromatic nitrogens is 1. The van der Waals surface area contributed by atoms with Crippen LogP contribution in [0, 0.1) is 6.92 Å². The smallest absolute Gasteiger partial charge is 0.170 e. The summed E-state index contributed by atoms with van der Waals surface area (Å²) >= 11 is 11.8. The van der Waals surface area contributed by atoms with Crippen molar-refractivity contribution in [1.82, 2.24) is 15.2 Å². The molecule has 0 amide bonds. The lowest BCUT2D eigenvalue weighted by Crippen LogP contribution is -2.30. The summed E-state index contributed by atoms with van der Waals surface area (Å²) in [7, 11) is 0. The molecule has 1 aliphatic rings. The maximum atomic E-state index is 9.32. The van der Waals surface area contributed by atoms with E-state index in [1.807, 2.05) is 55.5 Å². The minimum atomic E-state index is -0.155. The summed E-state index contributed by atoms with van der Waals surface area (Å²) in [6.07, 6.45) is 2.39. The fourth-order valence-electron chi connectivity index (χ4n) is 3.71. The molecule has 3 aromatic rings. The van der Waals surface area contributed by atoms with Gasteiger partial charge in [0.1, 0.15) is 17.6 Å². The molecule has 1 aliphatic heterocycles.